The maximum atomic E-state index is 14.3. The van der Waals surface area contributed by atoms with Crippen LogP contribution >= 0.6 is 11.3 Å². The van der Waals surface area contributed by atoms with Crippen molar-refractivity contribution in [3.8, 4) is 5.75 Å². The van der Waals surface area contributed by atoms with Crippen LogP contribution in [0.4, 0.5) is 5.69 Å². The van der Waals surface area contributed by atoms with Crippen molar-refractivity contribution in [2.75, 3.05) is 38.1 Å². The van der Waals surface area contributed by atoms with Gasteiger partial charge in [0.1, 0.15) is 15.7 Å². The number of carbonyl (C=O) groups excluding carboxylic acids is 1. The fraction of sp³-hybridized carbons (Fsp3) is 0.548. The quantitative estimate of drug-likeness (QED) is 0.327. The number of amides is 1. The van der Waals surface area contributed by atoms with Gasteiger partial charge in [-0.15, -0.1) is 11.3 Å². The summed E-state index contributed by atoms with van der Waals surface area (Å²) >= 11 is 1.14. The van der Waals surface area contributed by atoms with Gasteiger partial charge in [-0.25, -0.2) is 16.8 Å². The molecule has 4 atom stereocenters. The molecule has 1 aliphatic heterocycles. The van der Waals surface area contributed by atoms with Crippen LogP contribution in [0.5, 0.6) is 5.75 Å². The number of sulfonamides is 2. The molecular formula is C31H44N4O9S3. The van der Waals surface area contributed by atoms with Gasteiger partial charge in [0, 0.05) is 38.3 Å². The summed E-state index contributed by atoms with van der Waals surface area (Å²) in [5.41, 5.74) is 0.431. The minimum Gasteiger partial charge on any atom is -0.490 e. The fourth-order valence-corrected chi connectivity index (χ4v) is 9.19. The lowest BCUT2D eigenvalue weighted by molar-refractivity contribution is -0.00832. The van der Waals surface area contributed by atoms with E-state index in [1.807, 2.05) is 13.8 Å². The molecule has 0 radical (unpaired) electrons. The zero-order valence-electron chi connectivity index (χ0n) is 27.5. The van der Waals surface area contributed by atoms with E-state index in [1.165, 1.54) is 42.2 Å². The predicted octanol–water partition coefficient (Wildman–Crippen LogP) is 4.27. The Labute approximate surface area is 280 Å². The molecule has 1 amide bonds. The van der Waals surface area contributed by atoms with Gasteiger partial charge in [-0.3, -0.25) is 9.52 Å². The van der Waals surface area contributed by atoms with Crippen molar-refractivity contribution < 1.29 is 40.7 Å². The summed E-state index contributed by atoms with van der Waals surface area (Å²) in [7, 11) is -6.34. The summed E-state index contributed by atoms with van der Waals surface area (Å²) in [5, 5.41) is 15.6. The van der Waals surface area contributed by atoms with Crippen LogP contribution in [0.1, 0.15) is 61.8 Å². The Hall–Kier alpha value is -3.02. The Morgan fingerprint density at radius 2 is 1.91 bits per heavy atom. The van der Waals surface area contributed by atoms with E-state index in [0.717, 1.165) is 17.8 Å². The summed E-state index contributed by atoms with van der Waals surface area (Å²) < 4.78 is 74.6. The molecule has 3 heterocycles. The fourth-order valence-electron chi connectivity index (χ4n) is 5.43. The second-order valence-corrected chi connectivity index (χ2v) is 16.8. The van der Waals surface area contributed by atoms with Crippen LogP contribution in [0, 0.1) is 19.8 Å². The number of thiophene rings is 1. The number of aliphatic hydroxyl groups is 1. The molecule has 0 unspecified atom stereocenters. The smallest absolute Gasteiger partial charge is 0.267 e. The van der Waals surface area contributed by atoms with E-state index in [-0.39, 0.29) is 69.3 Å². The number of aliphatic hydroxyl groups excluding tert-OH is 1. The number of nitrogens with one attached hydrogen (secondary N) is 1. The summed E-state index contributed by atoms with van der Waals surface area (Å²) in [4.78, 5) is 15.7. The van der Waals surface area contributed by atoms with Crippen LogP contribution in [0.2, 0.25) is 0 Å². The van der Waals surface area contributed by atoms with E-state index in [9.17, 15) is 26.7 Å². The molecule has 4 rings (SSSR count). The molecule has 3 aromatic rings. The van der Waals surface area contributed by atoms with E-state index < -0.39 is 38.1 Å². The van der Waals surface area contributed by atoms with Gasteiger partial charge in [-0.2, -0.15) is 4.31 Å². The average Bonchev–Trinajstić information content (AvgIpc) is 3.69. The van der Waals surface area contributed by atoms with Crippen molar-refractivity contribution in [2.24, 2.45) is 5.92 Å². The Bertz CT molecular complexity index is 1710. The highest BCUT2D eigenvalue weighted by Crippen LogP contribution is 2.31. The maximum Gasteiger partial charge on any atom is 0.267 e. The number of ether oxygens (including phenoxy) is 2. The number of hydrogen-bond acceptors (Lipinski definition) is 11. The molecular weight excluding hydrogens is 669 g/mol. The third-order valence-corrected chi connectivity index (χ3v) is 13.0. The molecule has 2 aromatic heterocycles. The van der Waals surface area contributed by atoms with Crippen molar-refractivity contribution in [1.29, 1.82) is 0 Å². The predicted molar refractivity (Wildman–Crippen MR) is 178 cm³/mol. The molecule has 13 nitrogen and oxygen atoms in total. The third kappa shape index (κ3) is 8.72. The lowest BCUT2D eigenvalue weighted by Crippen LogP contribution is -2.48. The first-order chi connectivity index (χ1) is 22.1. The number of aromatic nitrogens is 1. The van der Waals surface area contributed by atoms with E-state index >= 15 is 0 Å². The number of aryl methyl sites for hydroxylation is 2. The van der Waals surface area contributed by atoms with Crippen LogP contribution < -0.4 is 9.46 Å². The maximum absolute atomic E-state index is 14.3. The highest BCUT2D eigenvalue weighted by Gasteiger charge is 2.33. The molecule has 1 aromatic carbocycles. The number of likely N-dealkylation sites (N-methyl/N-ethyl adjacent to an activating group) is 1. The Balaban J connectivity index is 1.69. The monoisotopic (exact) mass is 712 g/mol. The van der Waals surface area contributed by atoms with Gasteiger partial charge in [0.15, 0.2) is 10.7 Å². The van der Waals surface area contributed by atoms with Crippen LogP contribution in [-0.2, 0) is 24.8 Å². The van der Waals surface area contributed by atoms with Crippen LogP contribution in [-0.4, -0.2) is 93.8 Å². The third-order valence-electron chi connectivity index (χ3n) is 8.14. The Kier molecular flexibility index (Phi) is 12.1. The molecule has 16 heteroatoms. The lowest BCUT2D eigenvalue weighted by Gasteiger charge is -2.35. The molecule has 0 saturated carbocycles. The largest absolute Gasteiger partial charge is 0.490 e. The van der Waals surface area contributed by atoms with Gasteiger partial charge in [-0.05, 0) is 76.6 Å². The van der Waals surface area contributed by atoms with Crippen molar-refractivity contribution in [2.45, 2.75) is 81.2 Å². The average molecular weight is 713 g/mol. The zero-order chi connectivity index (χ0) is 34.5. The van der Waals surface area contributed by atoms with Crippen molar-refractivity contribution in [3.05, 3.63) is 52.7 Å². The minimum absolute atomic E-state index is 0.0562. The first-order valence-corrected chi connectivity index (χ1v) is 19.3. The molecule has 2 N–H and O–H groups in total. The van der Waals surface area contributed by atoms with Crippen molar-refractivity contribution in [1.82, 2.24) is 14.4 Å². The number of hydrogen-bond donors (Lipinski definition) is 2. The second kappa shape index (κ2) is 15.5. The number of rotatable bonds is 9. The molecule has 1 aliphatic rings. The molecule has 260 valence electrons. The first kappa shape index (κ1) is 36.8. The molecule has 47 heavy (non-hydrogen) atoms. The first-order valence-electron chi connectivity index (χ1n) is 15.4. The van der Waals surface area contributed by atoms with E-state index in [1.54, 1.807) is 30.5 Å². The number of fused-ring (bicyclic) bond motifs is 1. The number of benzene rings is 1. The molecule has 0 aliphatic carbocycles. The normalized spacial score (nSPS) is 21.1. The summed E-state index contributed by atoms with van der Waals surface area (Å²) in [5.74, 6) is -0.447. The van der Waals surface area contributed by atoms with Crippen molar-refractivity contribution in [3.63, 3.8) is 0 Å². The van der Waals surface area contributed by atoms with Crippen LogP contribution in [0.3, 0.4) is 0 Å². The van der Waals surface area contributed by atoms with Crippen LogP contribution in [0.15, 0.2) is 49.3 Å². The van der Waals surface area contributed by atoms with Gasteiger partial charge >= 0.3 is 0 Å². The second-order valence-electron chi connectivity index (χ2n) is 12.0. The molecule has 0 saturated heterocycles. The van der Waals surface area contributed by atoms with Gasteiger partial charge in [0.25, 0.3) is 26.0 Å². The number of carbonyl (C=O) groups is 1. The summed E-state index contributed by atoms with van der Waals surface area (Å²) in [6.45, 7) is 8.70. The lowest BCUT2D eigenvalue weighted by atomic mass is 10.0. The Morgan fingerprint density at radius 1 is 1.17 bits per heavy atom. The van der Waals surface area contributed by atoms with Gasteiger partial charge < -0.3 is 24.0 Å². The highest BCUT2D eigenvalue weighted by atomic mass is 32.2. The van der Waals surface area contributed by atoms with Crippen LogP contribution in [0.25, 0.3) is 0 Å². The van der Waals surface area contributed by atoms with Gasteiger partial charge in [-0.1, -0.05) is 18.1 Å². The SMILES string of the molecule is Cc1noc(C)c1S(=O)(=O)Nc1ccc2c(c1)C(=O)N([C@H](C)CO)C[C@H](C)[C@@H](CN(C)S(=O)(=O)c1cccs1)OCCCC[C@H](C)O2. The van der Waals surface area contributed by atoms with Gasteiger partial charge in [0.2, 0.25) is 0 Å². The van der Waals surface area contributed by atoms with E-state index in [0.29, 0.717) is 19.4 Å². The summed E-state index contributed by atoms with van der Waals surface area (Å²) in [6, 6.07) is 7.10. The van der Waals surface area contributed by atoms with Gasteiger partial charge in [0.05, 0.1) is 30.4 Å². The standard InChI is InChI=1S/C31H44N4O9S3/c1-20-17-35(21(2)19-36)31(37)26-16-25(33-46(38,39)30-23(4)32-44-24(30)5)12-13-27(26)43-22(3)10-7-8-14-42-28(20)18-34(6)47(40,41)29-11-9-15-45-29/h9,11-13,15-16,20-22,28,33,36H,7-8,10,14,17-19H2,1-6H3/t20-,21+,22-,28+/m0/s1. The zero-order valence-corrected chi connectivity index (χ0v) is 30.0. The topological polar surface area (TPSA) is 169 Å². The molecule has 0 bridgehead atoms. The number of anilines is 1. The van der Waals surface area contributed by atoms with Crippen molar-refractivity contribution >= 4 is 43.0 Å². The molecule has 0 fully saturated rings. The minimum atomic E-state index is -4.11. The van der Waals surface area contributed by atoms with E-state index in [2.05, 4.69) is 9.88 Å². The highest BCUT2D eigenvalue weighted by molar-refractivity contribution is 7.92. The Morgan fingerprint density at radius 3 is 2.55 bits per heavy atom. The summed E-state index contributed by atoms with van der Waals surface area (Å²) in [6.07, 6.45) is 1.28. The van der Waals surface area contributed by atoms with E-state index in [4.69, 9.17) is 14.0 Å². The number of nitrogens with zero attached hydrogens (tertiary/aromatic N) is 3. The molecule has 0 spiro atoms.